The van der Waals surface area contributed by atoms with Crippen molar-refractivity contribution in [3.8, 4) is 17.6 Å². The molecule has 0 saturated heterocycles. The van der Waals surface area contributed by atoms with Crippen molar-refractivity contribution >= 4 is 16.9 Å². The zero-order valence-corrected chi connectivity index (χ0v) is 21.8. The number of esters is 1. The van der Waals surface area contributed by atoms with E-state index >= 15 is 4.39 Å². The molecule has 0 unspecified atom stereocenters. The maximum absolute atomic E-state index is 15.2. The molecule has 3 aromatic rings. The molecule has 0 heterocycles. The van der Waals surface area contributed by atoms with E-state index in [0.29, 0.717) is 5.92 Å². The fourth-order valence-electron chi connectivity index (χ4n) is 5.13. The van der Waals surface area contributed by atoms with E-state index in [-0.39, 0.29) is 12.4 Å². The van der Waals surface area contributed by atoms with Crippen LogP contribution in [-0.4, -0.2) is 18.2 Å². The molecule has 0 bridgehead atoms. The molecule has 2 aliphatic rings. The van der Waals surface area contributed by atoms with Crippen molar-refractivity contribution in [3.63, 3.8) is 0 Å². The van der Waals surface area contributed by atoms with Crippen LogP contribution in [0.5, 0.6) is 5.75 Å². The van der Waals surface area contributed by atoms with Gasteiger partial charge in [-0.05, 0) is 74.9 Å². The Morgan fingerprint density at radius 3 is 2.08 bits per heavy atom. The van der Waals surface area contributed by atoms with Crippen LogP contribution < -0.4 is 4.74 Å². The van der Waals surface area contributed by atoms with Crippen LogP contribution in [0.25, 0.3) is 0 Å². The molecule has 190 valence electrons. The summed E-state index contributed by atoms with van der Waals surface area (Å²) in [7, 11) is -0.461. The van der Waals surface area contributed by atoms with E-state index in [1.54, 1.807) is 6.07 Å². The van der Waals surface area contributed by atoms with E-state index in [9.17, 15) is 4.79 Å². The van der Waals surface area contributed by atoms with Crippen molar-refractivity contribution in [1.29, 1.82) is 0 Å². The molecule has 0 amide bonds. The summed E-state index contributed by atoms with van der Waals surface area (Å²) in [6.45, 7) is -0.341. The lowest BCUT2D eigenvalue weighted by Gasteiger charge is -2.23. The molecule has 2 fully saturated rings. The van der Waals surface area contributed by atoms with E-state index in [4.69, 9.17) is 9.47 Å². The maximum Gasteiger partial charge on any atom is 0.345 e. The van der Waals surface area contributed by atoms with Crippen molar-refractivity contribution < 1.29 is 18.7 Å². The predicted molar refractivity (Wildman–Crippen MR) is 144 cm³/mol. The molecular formula is C32H32FO3S+. The van der Waals surface area contributed by atoms with Gasteiger partial charge in [-0.2, -0.15) is 0 Å². The Kier molecular flexibility index (Phi) is 8.16. The van der Waals surface area contributed by atoms with Gasteiger partial charge in [0, 0.05) is 12.0 Å². The van der Waals surface area contributed by atoms with E-state index in [2.05, 4.69) is 36.1 Å². The molecule has 5 heteroatoms. The van der Waals surface area contributed by atoms with Crippen LogP contribution in [0.1, 0.15) is 51.4 Å². The number of benzene rings is 3. The van der Waals surface area contributed by atoms with Crippen molar-refractivity contribution in [2.45, 2.75) is 71.7 Å². The quantitative estimate of drug-likeness (QED) is 0.187. The van der Waals surface area contributed by atoms with Crippen LogP contribution >= 0.6 is 0 Å². The zero-order valence-electron chi connectivity index (χ0n) is 21.0. The molecule has 0 radical (unpaired) electrons. The third kappa shape index (κ3) is 6.37. The molecule has 0 N–H and O–H groups in total. The molecule has 0 aromatic heterocycles. The number of hydrogen-bond donors (Lipinski definition) is 0. The van der Waals surface area contributed by atoms with Gasteiger partial charge in [-0.3, -0.25) is 0 Å². The van der Waals surface area contributed by atoms with E-state index < -0.39 is 28.3 Å². The average Bonchev–Trinajstić information content (AvgIpc) is 3.61. The second-order valence-electron chi connectivity index (χ2n) is 9.74. The molecule has 0 atom stereocenters. The van der Waals surface area contributed by atoms with Gasteiger partial charge in [0.15, 0.2) is 38.5 Å². The van der Waals surface area contributed by atoms with Gasteiger partial charge in [0.2, 0.25) is 0 Å². The minimum absolute atomic E-state index is 0.0443. The summed E-state index contributed by atoms with van der Waals surface area (Å²) in [6.07, 6.45) is 8.20. The van der Waals surface area contributed by atoms with Gasteiger partial charge >= 0.3 is 5.97 Å². The fraction of sp³-hybridized carbons (Fsp3) is 0.344. The first-order valence-corrected chi connectivity index (χ1v) is 14.4. The Morgan fingerprint density at radius 1 is 0.865 bits per heavy atom. The van der Waals surface area contributed by atoms with Gasteiger partial charge in [-0.25, -0.2) is 9.18 Å². The van der Waals surface area contributed by atoms with Gasteiger partial charge in [-0.15, -0.1) is 0 Å². The van der Waals surface area contributed by atoms with E-state index in [0.717, 1.165) is 53.2 Å². The lowest BCUT2D eigenvalue weighted by Crippen LogP contribution is -2.33. The van der Waals surface area contributed by atoms with Gasteiger partial charge in [0.1, 0.15) is 0 Å². The zero-order chi connectivity index (χ0) is 25.5. The van der Waals surface area contributed by atoms with Crippen molar-refractivity contribution in [1.82, 2.24) is 0 Å². The summed E-state index contributed by atoms with van der Waals surface area (Å²) in [5.74, 6) is 6.14. The van der Waals surface area contributed by atoms with Crippen LogP contribution in [0.3, 0.4) is 0 Å². The van der Waals surface area contributed by atoms with Gasteiger partial charge in [-0.1, -0.05) is 61.1 Å². The normalized spacial score (nSPS) is 16.8. The van der Waals surface area contributed by atoms with Crippen molar-refractivity contribution in [2.24, 2.45) is 5.92 Å². The highest BCUT2D eigenvalue weighted by molar-refractivity contribution is 7.97. The standard InChI is InChI=1S/C32H32FO3S/c33-29-23-28(37(26-13-3-1-4-14-26)27-15-5-2-6-16-27)17-18-30(29)35-24-31(34)36-32(20-9-10-21-32)22-19-25-11-7-8-12-25/h1-6,13-18,23,25H,7-12,20-21,24H2/q+1. The smallest absolute Gasteiger partial charge is 0.345 e. The number of ether oxygens (including phenoxy) is 2. The molecule has 0 spiro atoms. The van der Waals surface area contributed by atoms with Crippen LogP contribution in [-0.2, 0) is 20.4 Å². The lowest BCUT2D eigenvalue weighted by atomic mass is 10.0. The second kappa shape index (κ2) is 11.9. The van der Waals surface area contributed by atoms with Crippen LogP contribution in [0.2, 0.25) is 0 Å². The monoisotopic (exact) mass is 515 g/mol. The van der Waals surface area contributed by atoms with E-state index in [1.165, 1.54) is 18.9 Å². The molecule has 5 rings (SSSR count). The third-order valence-corrected chi connectivity index (χ3v) is 9.23. The van der Waals surface area contributed by atoms with Crippen LogP contribution in [0, 0.1) is 23.6 Å². The molecule has 0 aliphatic heterocycles. The minimum atomic E-state index is -0.717. The molecule has 3 aromatic carbocycles. The number of carbonyl (C=O) groups excluding carboxylic acids is 1. The average molecular weight is 516 g/mol. The Bertz CT molecular complexity index is 1210. The summed E-state index contributed by atoms with van der Waals surface area (Å²) < 4.78 is 26.6. The topological polar surface area (TPSA) is 35.5 Å². The first-order chi connectivity index (χ1) is 18.1. The van der Waals surface area contributed by atoms with Gasteiger partial charge in [0.05, 0.1) is 10.9 Å². The summed E-state index contributed by atoms with van der Waals surface area (Å²) in [4.78, 5) is 15.7. The Labute approximate surface area is 221 Å². The number of carbonyl (C=O) groups is 1. The maximum atomic E-state index is 15.2. The Hall–Kier alpha value is -3.23. The number of hydrogen-bond acceptors (Lipinski definition) is 3. The molecule has 37 heavy (non-hydrogen) atoms. The minimum Gasteiger partial charge on any atom is -0.479 e. The summed E-state index contributed by atoms with van der Waals surface area (Å²) in [5, 5.41) is 0. The number of halogens is 1. The number of rotatable bonds is 7. The first kappa shape index (κ1) is 25.4. The first-order valence-electron chi connectivity index (χ1n) is 13.1. The highest BCUT2D eigenvalue weighted by Crippen LogP contribution is 2.35. The SMILES string of the molecule is O=C(COc1ccc([S+](c2ccccc2)c2ccccc2)cc1F)OC1(C#CC2CCCC2)CCCC1. The van der Waals surface area contributed by atoms with Gasteiger partial charge < -0.3 is 9.47 Å². The Balaban J connectivity index is 1.27. The Morgan fingerprint density at radius 2 is 1.49 bits per heavy atom. The predicted octanol–water partition coefficient (Wildman–Crippen LogP) is 7.35. The van der Waals surface area contributed by atoms with Crippen molar-refractivity contribution in [2.75, 3.05) is 6.61 Å². The van der Waals surface area contributed by atoms with Crippen molar-refractivity contribution in [3.05, 3.63) is 84.7 Å². The summed E-state index contributed by atoms with van der Waals surface area (Å²) in [5.41, 5.74) is -0.717. The molecule has 2 aliphatic carbocycles. The van der Waals surface area contributed by atoms with Crippen LogP contribution in [0.4, 0.5) is 4.39 Å². The molecule has 2 saturated carbocycles. The highest BCUT2D eigenvalue weighted by atomic mass is 32.2. The lowest BCUT2D eigenvalue weighted by molar-refractivity contribution is -0.156. The van der Waals surface area contributed by atoms with E-state index in [1.807, 2.05) is 42.5 Å². The second-order valence-corrected chi connectivity index (χ2v) is 11.8. The fourth-order valence-corrected chi connectivity index (χ4v) is 7.23. The third-order valence-electron chi connectivity index (χ3n) is 7.02. The summed E-state index contributed by atoms with van der Waals surface area (Å²) >= 11 is 0. The molecular weight excluding hydrogens is 483 g/mol. The largest absolute Gasteiger partial charge is 0.479 e. The highest BCUT2D eigenvalue weighted by Gasteiger charge is 2.36. The molecule has 3 nitrogen and oxygen atoms in total. The summed E-state index contributed by atoms with van der Waals surface area (Å²) in [6, 6.07) is 25.1. The van der Waals surface area contributed by atoms with Gasteiger partial charge in [0.25, 0.3) is 0 Å². The van der Waals surface area contributed by atoms with Crippen LogP contribution in [0.15, 0.2) is 93.5 Å².